The Morgan fingerprint density at radius 1 is 1.56 bits per heavy atom. The average Bonchev–Trinajstić information content (AvgIpc) is 2.27. The monoisotopic (exact) mass is 222 g/mol. The molecule has 5 heteroatoms. The standard InChI is InChI=1S/C11H14N2O3/c1-3-11(2,10(12)14)8-5-4-6-9(7-8)13(15)16/h4-7H,3H2,1-2H3,(H2,12,14). The third kappa shape index (κ3) is 2.03. The molecule has 1 unspecified atom stereocenters. The number of carbonyl (C=O) groups is 1. The number of nitrogens with zero attached hydrogens (tertiary/aromatic N) is 1. The lowest BCUT2D eigenvalue weighted by molar-refractivity contribution is -0.384. The Kier molecular flexibility index (Phi) is 3.27. The molecule has 1 atom stereocenters. The summed E-state index contributed by atoms with van der Waals surface area (Å²) in [6.07, 6.45) is 0.503. The first kappa shape index (κ1) is 12.2. The predicted octanol–water partition coefficient (Wildman–Crippen LogP) is 1.75. The molecule has 86 valence electrons. The lowest BCUT2D eigenvalue weighted by Gasteiger charge is -2.24. The van der Waals surface area contributed by atoms with Gasteiger partial charge in [0.2, 0.25) is 5.91 Å². The van der Waals surface area contributed by atoms with Crippen LogP contribution in [-0.4, -0.2) is 10.8 Å². The first-order valence-electron chi connectivity index (χ1n) is 4.96. The van der Waals surface area contributed by atoms with Crippen LogP contribution in [0.2, 0.25) is 0 Å². The van der Waals surface area contributed by atoms with Crippen molar-refractivity contribution in [3.05, 3.63) is 39.9 Å². The lowest BCUT2D eigenvalue weighted by Crippen LogP contribution is -2.37. The second kappa shape index (κ2) is 4.30. The molecular weight excluding hydrogens is 208 g/mol. The molecule has 0 saturated heterocycles. The zero-order chi connectivity index (χ0) is 12.3. The Hall–Kier alpha value is -1.91. The largest absolute Gasteiger partial charge is 0.369 e. The van der Waals surface area contributed by atoms with E-state index in [2.05, 4.69) is 0 Å². The highest BCUT2D eigenvalue weighted by atomic mass is 16.6. The fourth-order valence-electron chi connectivity index (χ4n) is 1.48. The van der Waals surface area contributed by atoms with Gasteiger partial charge >= 0.3 is 0 Å². The number of benzene rings is 1. The van der Waals surface area contributed by atoms with Crippen LogP contribution in [0.1, 0.15) is 25.8 Å². The van der Waals surface area contributed by atoms with Crippen LogP contribution in [0.4, 0.5) is 5.69 Å². The minimum absolute atomic E-state index is 0.0292. The van der Waals surface area contributed by atoms with Gasteiger partial charge in [0.15, 0.2) is 0 Å². The zero-order valence-corrected chi connectivity index (χ0v) is 9.27. The lowest BCUT2D eigenvalue weighted by atomic mass is 9.79. The molecule has 5 nitrogen and oxygen atoms in total. The number of amides is 1. The van der Waals surface area contributed by atoms with E-state index in [0.717, 1.165) is 0 Å². The molecule has 0 fully saturated rings. The van der Waals surface area contributed by atoms with Gasteiger partial charge in [-0.1, -0.05) is 19.1 Å². The van der Waals surface area contributed by atoms with Crippen LogP contribution in [0, 0.1) is 10.1 Å². The summed E-state index contributed by atoms with van der Waals surface area (Å²) in [5, 5.41) is 10.6. The van der Waals surface area contributed by atoms with Gasteiger partial charge < -0.3 is 5.73 Å². The summed E-state index contributed by atoms with van der Waals surface area (Å²) in [6, 6.07) is 6.03. The number of nitrogens with two attached hydrogens (primary N) is 1. The number of nitro groups is 1. The van der Waals surface area contributed by atoms with Gasteiger partial charge in [0.1, 0.15) is 0 Å². The number of rotatable bonds is 4. The van der Waals surface area contributed by atoms with Crippen LogP contribution < -0.4 is 5.73 Å². The molecule has 0 aliphatic heterocycles. The Labute approximate surface area is 93.4 Å². The fraction of sp³-hybridized carbons (Fsp3) is 0.364. The van der Waals surface area contributed by atoms with E-state index in [1.165, 1.54) is 12.1 Å². The van der Waals surface area contributed by atoms with Crippen molar-refractivity contribution in [3.63, 3.8) is 0 Å². The third-order valence-electron chi connectivity index (χ3n) is 2.95. The number of non-ortho nitro benzene ring substituents is 1. The summed E-state index contributed by atoms with van der Waals surface area (Å²) in [6.45, 7) is 3.51. The normalized spacial score (nSPS) is 14.1. The summed E-state index contributed by atoms with van der Waals surface area (Å²) in [7, 11) is 0. The summed E-state index contributed by atoms with van der Waals surface area (Å²) in [5.74, 6) is -0.476. The molecule has 0 aliphatic carbocycles. The van der Waals surface area contributed by atoms with E-state index in [-0.39, 0.29) is 5.69 Å². The van der Waals surface area contributed by atoms with Gasteiger partial charge in [0.25, 0.3) is 5.69 Å². The van der Waals surface area contributed by atoms with Crippen molar-refractivity contribution in [1.29, 1.82) is 0 Å². The molecule has 0 radical (unpaired) electrons. The quantitative estimate of drug-likeness (QED) is 0.621. The molecule has 0 aliphatic rings. The van der Waals surface area contributed by atoms with Crippen LogP contribution in [-0.2, 0) is 10.2 Å². The molecule has 1 rings (SSSR count). The smallest absolute Gasteiger partial charge is 0.269 e. The molecule has 0 bridgehead atoms. The Bertz CT molecular complexity index is 431. The molecule has 0 aromatic heterocycles. The highest BCUT2D eigenvalue weighted by molar-refractivity contribution is 5.86. The van der Waals surface area contributed by atoms with Gasteiger partial charge in [0.05, 0.1) is 10.3 Å². The molecule has 2 N–H and O–H groups in total. The minimum Gasteiger partial charge on any atom is -0.369 e. The van der Waals surface area contributed by atoms with Crippen LogP contribution in [0.15, 0.2) is 24.3 Å². The van der Waals surface area contributed by atoms with E-state index in [0.29, 0.717) is 12.0 Å². The molecule has 0 saturated carbocycles. The van der Waals surface area contributed by atoms with E-state index in [1.54, 1.807) is 19.1 Å². The van der Waals surface area contributed by atoms with Crippen LogP contribution in [0.5, 0.6) is 0 Å². The Morgan fingerprint density at radius 2 is 2.19 bits per heavy atom. The number of hydrogen-bond donors (Lipinski definition) is 1. The maximum Gasteiger partial charge on any atom is 0.269 e. The maximum atomic E-state index is 11.4. The van der Waals surface area contributed by atoms with E-state index in [4.69, 9.17) is 5.73 Å². The Balaban J connectivity index is 3.26. The first-order valence-corrected chi connectivity index (χ1v) is 4.96. The van der Waals surface area contributed by atoms with Gasteiger partial charge in [-0.05, 0) is 18.9 Å². The average molecular weight is 222 g/mol. The zero-order valence-electron chi connectivity index (χ0n) is 9.27. The summed E-state index contributed by atoms with van der Waals surface area (Å²) in [4.78, 5) is 21.5. The van der Waals surface area contributed by atoms with Crippen molar-refractivity contribution in [2.75, 3.05) is 0 Å². The van der Waals surface area contributed by atoms with Crippen molar-refractivity contribution in [2.45, 2.75) is 25.7 Å². The number of nitro benzene ring substituents is 1. The predicted molar refractivity (Wildman–Crippen MR) is 59.9 cm³/mol. The number of hydrogen-bond acceptors (Lipinski definition) is 3. The molecule has 0 spiro atoms. The highest BCUT2D eigenvalue weighted by Crippen LogP contribution is 2.29. The molecule has 16 heavy (non-hydrogen) atoms. The first-order chi connectivity index (χ1) is 7.41. The fourth-order valence-corrected chi connectivity index (χ4v) is 1.48. The molecule has 1 aromatic rings. The summed E-state index contributed by atoms with van der Waals surface area (Å²) in [5.41, 5.74) is 5.03. The second-order valence-corrected chi connectivity index (χ2v) is 3.86. The Morgan fingerprint density at radius 3 is 2.62 bits per heavy atom. The van der Waals surface area contributed by atoms with E-state index in [9.17, 15) is 14.9 Å². The van der Waals surface area contributed by atoms with E-state index in [1.807, 2.05) is 6.92 Å². The van der Waals surface area contributed by atoms with Crippen LogP contribution >= 0.6 is 0 Å². The SMILES string of the molecule is CCC(C)(C(N)=O)c1cccc([N+](=O)[O-])c1. The van der Waals surface area contributed by atoms with Crippen LogP contribution in [0.3, 0.4) is 0 Å². The molecule has 0 heterocycles. The number of primary amides is 1. The van der Waals surface area contributed by atoms with Crippen molar-refractivity contribution in [1.82, 2.24) is 0 Å². The minimum atomic E-state index is -0.855. The molecular formula is C11H14N2O3. The van der Waals surface area contributed by atoms with E-state index < -0.39 is 16.2 Å². The summed E-state index contributed by atoms with van der Waals surface area (Å²) < 4.78 is 0. The maximum absolute atomic E-state index is 11.4. The highest BCUT2D eigenvalue weighted by Gasteiger charge is 2.32. The van der Waals surface area contributed by atoms with Gasteiger partial charge in [0, 0.05) is 12.1 Å². The topological polar surface area (TPSA) is 86.2 Å². The van der Waals surface area contributed by atoms with Crippen molar-refractivity contribution < 1.29 is 9.72 Å². The summed E-state index contributed by atoms with van der Waals surface area (Å²) >= 11 is 0. The van der Waals surface area contributed by atoms with Gasteiger partial charge in [-0.15, -0.1) is 0 Å². The molecule has 1 aromatic carbocycles. The van der Waals surface area contributed by atoms with Gasteiger partial charge in [-0.3, -0.25) is 14.9 Å². The third-order valence-corrected chi connectivity index (χ3v) is 2.95. The van der Waals surface area contributed by atoms with Crippen molar-refractivity contribution in [2.24, 2.45) is 5.73 Å². The van der Waals surface area contributed by atoms with E-state index >= 15 is 0 Å². The van der Waals surface area contributed by atoms with Crippen molar-refractivity contribution >= 4 is 11.6 Å². The number of carbonyl (C=O) groups excluding carboxylic acids is 1. The van der Waals surface area contributed by atoms with Crippen molar-refractivity contribution in [3.8, 4) is 0 Å². The van der Waals surface area contributed by atoms with Gasteiger partial charge in [-0.25, -0.2) is 0 Å². The molecule has 1 amide bonds. The second-order valence-electron chi connectivity index (χ2n) is 3.86. The van der Waals surface area contributed by atoms with Crippen LogP contribution in [0.25, 0.3) is 0 Å². The van der Waals surface area contributed by atoms with Gasteiger partial charge in [-0.2, -0.15) is 0 Å².